The molecule has 2 N–H and O–H groups in total. The molecule has 0 unspecified atom stereocenters. The Morgan fingerprint density at radius 2 is 1.16 bits per heavy atom. The fourth-order valence-corrected chi connectivity index (χ4v) is 11.3. The number of halogens is 3. The number of benzene rings is 4. The number of anilines is 2. The summed E-state index contributed by atoms with van der Waals surface area (Å²) >= 11 is 0. The number of carbonyl (C=O) groups excluding carboxylic acids is 2. The zero-order valence-electron chi connectivity index (χ0n) is 35.9. The van der Waals surface area contributed by atoms with Gasteiger partial charge < -0.3 is 24.8 Å². The highest BCUT2D eigenvalue weighted by molar-refractivity contribution is 7.93. The van der Waals surface area contributed by atoms with Gasteiger partial charge in [0.2, 0.25) is 20.0 Å². The van der Waals surface area contributed by atoms with Crippen molar-refractivity contribution in [2.24, 2.45) is 0 Å². The second-order valence-corrected chi connectivity index (χ2v) is 20.1. The van der Waals surface area contributed by atoms with Gasteiger partial charge in [-0.05, 0) is 121 Å². The van der Waals surface area contributed by atoms with E-state index in [-0.39, 0.29) is 54.4 Å². The van der Waals surface area contributed by atoms with E-state index in [1.807, 2.05) is 0 Å². The molecule has 4 aromatic carbocycles. The van der Waals surface area contributed by atoms with E-state index < -0.39 is 59.7 Å². The Balaban J connectivity index is 0.000000277. The van der Waals surface area contributed by atoms with E-state index >= 15 is 0 Å². The summed E-state index contributed by atoms with van der Waals surface area (Å²) in [6.45, 7) is 7.82. The number of piperidine rings is 2. The van der Waals surface area contributed by atoms with Gasteiger partial charge >= 0.3 is 11.9 Å². The van der Waals surface area contributed by atoms with Crippen LogP contribution in [0.5, 0.6) is 0 Å². The lowest BCUT2D eigenvalue weighted by molar-refractivity contribution is 0.0305. The molecule has 2 heterocycles. The molecule has 4 aromatic rings. The van der Waals surface area contributed by atoms with Gasteiger partial charge in [0.05, 0.1) is 65.4 Å². The molecule has 0 bridgehead atoms. The molecule has 18 heteroatoms. The standard InChI is InChI=1S/C25H33FN2O5S.C20H23FN2O4S.ClH/c1-4-33-24(29)19-10-11-20(23(26)16-19)17-28(21-8-6-5-7-9-21)34(31,32)22-12-14-27(15-13-22)18-25(2,3)30;1-27-20(24)15-7-8-16(19(21)13-15)14-23(17-5-3-2-4-6-17)28(25,26)18-9-11-22-12-10-18;/h5-11,16,22,30H,4,12-15,17-18H2,1-3H3;2-8,13,18,22H,9-12,14H2,1H3;1H. The lowest BCUT2D eigenvalue weighted by atomic mass is 10.1. The fraction of sp³-hybridized carbons (Fsp3) is 0.422. The topological polar surface area (TPSA) is 163 Å². The van der Waals surface area contributed by atoms with Crippen LogP contribution in [0.15, 0.2) is 97.1 Å². The number of β-amino-alcohol motifs (C(OH)–C–C–N with tert-alkyl or cyclic N) is 1. The Kier molecular flexibility index (Phi) is 18.5. The number of nitrogens with zero attached hydrogens (tertiary/aromatic N) is 3. The lowest BCUT2D eigenvalue weighted by Crippen LogP contribution is -2.48. The summed E-state index contributed by atoms with van der Waals surface area (Å²) in [5, 5.41) is 12.1. The average molecular weight is 936 g/mol. The van der Waals surface area contributed by atoms with Gasteiger partial charge in [0.15, 0.2) is 0 Å². The van der Waals surface area contributed by atoms with E-state index in [0.29, 0.717) is 69.8 Å². The maximum Gasteiger partial charge on any atom is 0.338 e. The molecular weight excluding hydrogens is 878 g/mol. The summed E-state index contributed by atoms with van der Waals surface area (Å²) in [5.41, 5.74) is 0.601. The zero-order valence-corrected chi connectivity index (χ0v) is 38.4. The maximum atomic E-state index is 14.9. The molecule has 0 amide bonds. The van der Waals surface area contributed by atoms with Gasteiger partial charge in [-0.3, -0.25) is 8.61 Å². The molecule has 2 aliphatic rings. The largest absolute Gasteiger partial charge is 0.465 e. The van der Waals surface area contributed by atoms with Crippen molar-refractivity contribution in [2.75, 3.05) is 55.1 Å². The molecule has 2 fully saturated rings. The molecule has 6 rings (SSSR count). The quantitative estimate of drug-likeness (QED) is 0.122. The highest BCUT2D eigenvalue weighted by atomic mass is 35.5. The zero-order chi connectivity index (χ0) is 45.1. The van der Waals surface area contributed by atoms with Gasteiger partial charge in [-0.15, -0.1) is 12.4 Å². The van der Waals surface area contributed by atoms with Crippen LogP contribution in [-0.2, 0) is 42.6 Å². The molecule has 0 saturated carbocycles. The SMILES string of the molecule is CCOC(=O)c1ccc(CN(c2ccccc2)S(=O)(=O)C2CCN(CC(C)(C)O)CC2)c(F)c1.COC(=O)c1ccc(CN(c2ccccc2)S(=O)(=O)C2CCNCC2)c(F)c1.Cl. The van der Waals surface area contributed by atoms with E-state index in [1.165, 1.54) is 40.0 Å². The molecular formula is C45H57ClF2N4O9S2. The van der Waals surface area contributed by atoms with E-state index in [4.69, 9.17) is 4.74 Å². The first-order valence-corrected chi connectivity index (χ1v) is 23.6. The fourth-order valence-electron chi connectivity index (χ4n) is 7.46. The Labute approximate surface area is 375 Å². The average Bonchev–Trinajstić information content (AvgIpc) is 3.26. The number of likely N-dealkylation sites (tertiary alicyclic amines) is 1. The second-order valence-electron chi connectivity index (χ2n) is 15.8. The van der Waals surface area contributed by atoms with Crippen LogP contribution < -0.4 is 13.9 Å². The van der Waals surface area contributed by atoms with Crippen LogP contribution >= 0.6 is 12.4 Å². The number of esters is 2. The van der Waals surface area contributed by atoms with Crippen LogP contribution in [0, 0.1) is 11.6 Å². The summed E-state index contributed by atoms with van der Waals surface area (Å²) < 4.78 is 95.6. The molecule has 0 spiro atoms. The summed E-state index contributed by atoms with van der Waals surface area (Å²) in [7, 11) is -6.28. The molecule has 0 radical (unpaired) electrons. The number of ether oxygens (including phenoxy) is 2. The smallest absolute Gasteiger partial charge is 0.338 e. The summed E-state index contributed by atoms with van der Waals surface area (Å²) in [6.07, 6.45) is 1.86. The van der Waals surface area contributed by atoms with Crippen molar-refractivity contribution in [3.63, 3.8) is 0 Å². The van der Waals surface area contributed by atoms with Crippen molar-refractivity contribution in [3.8, 4) is 0 Å². The van der Waals surface area contributed by atoms with E-state index in [9.17, 15) is 40.3 Å². The van der Waals surface area contributed by atoms with Crippen molar-refractivity contribution in [3.05, 3.63) is 131 Å². The van der Waals surface area contributed by atoms with Crippen LogP contribution in [0.25, 0.3) is 0 Å². The maximum absolute atomic E-state index is 14.9. The number of sulfonamides is 2. The number of methoxy groups -OCH3 is 1. The monoisotopic (exact) mass is 934 g/mol. The molecule has 0 aromatic heterocycles. The number of nitrogens with one attached hydrogen (secondary N) is 1. The van der Waals surface area contributed by atoms with Crippen molar-refractivity contribution in [1.29, 1.82) is 0 Å². The Hall–Kier alpha value is -4.65. The first-order chi connectivity index (χ1) is 29.4. The second kappa shape index (κ2) is 22.8. The van der Waals surface area contributed by atoms with Gasteiger partial charge in [-0.25, -0.2) is 35.2 Å². The predicted molar refractivity (Wildman–Crippen MR) is 242 cm³/mol. The summed E-state index contributed by atoms with van der Waals surface area (Å²) in [5.74, 6) is -2.59. The number of hydrogen-bond acceptors (Lipinski definition) is 11. The normalized spacial score (nSPS) is 15.3. The van der Waals surface area contributed by atoms with Gasteiger partial charge in [-0.1, -0.05) is 48.5 Å². The van der Waals surface area contributed by atoms with Crippen molar-refractivity contribution in [1.82, 2.24) is 10.2 Å². The van der Waals surface area contributed by atoms with Crippen molar-refractivity contribution in [2.45, 2.75) is 75.6 Å². The highest BCUT2D eigenvalue weighted by Gasteiger charge is 2.37. The molecule has 0 aliphatic carbocycles. The molecule has 344 valence electrons. The highest BCUT2D eigenvalue weighted by Crippen LogP contribution is 2.30. The summed E-state index contributed by atoms with van der Waals surface area (Å²) in [4.78, 5) is 25.6. The molecule has 63 heavy (non-hydrogen) atoms. The minimum absolute atomic E-state index is 0. The van der Waals surface area contributed by atoms with E-state index in [0.717, 1.165) is 12.1 Å². The number of rotatable bonds is 15. The first-order valence-electron chi connectivity index (χ1n) is 20.6. The minimum Gasteiger partial charge on any atom is -0.465 e. The number of para-hydroxylation sites is 2. The Bertz CT molecular complexity index is 2340. The van der Waals surface area contributed by atoms with Gasteiger partial charge in [0, 0.05) is 17.7 Å². The molecule has 2 saturated heterocycles. The predicted octanol–water partition coefficient (Wildman–Crippen LogP) is 6.70. The van der Waals surface area contributed by atoms with Gasteiger partial charge in [-0.2, -0.15) is 0 Å². The molecule has 0 atom stereocenters. The first kappa shape index (κ1) is 51.0. The van der Waals surface area contributed by atoms with Gasteiger partial charge in [0.25, 0.3) is 0 Å². The van der Waals surface area contributed by atoms with E-state index in [2.05, 4.69) is 15.0 Å². The summed E-state index contributed by atoms with van der Waals surface area (Å²) in [6, 6.07) is 25.2. The minimum atomic E-state index is -3.81. The third-order valence-corrected chi connectivity index (χ3v) is 15.2. The van der Waals surface area contributed by atoms with Crippen LogP contribution in [0.2, 0.25) is 0 Å². The number of aliphatic hydroxyl groups is 1. The lowest BCUT2D eigenvalue weighted by Gasteiger charge is -2.37. The van der Waals surface area contributed by atoms with Crippen LogP contribution in [0.1, 0.15) is 78.3 Å². The number of hydrogen-bond donors (Lipinski definition) is 2. The van der Waals surface area contributed by atoms with Crippen LogP contribution in [0.3, 0.4) is 0 Å². The molecule has 13 nitrogen and oxygen atoms in total. The molecule has 2 aliphatic heterocycles. The Morgan fingerprint density at radius 1 is 0.730 bits per heavy atom. The van der Waals surface area contributed by atoms with Crippen molar-refractivity contribution >= 4 is 55.8 Å². The number of carbonyl (C=O) groups is 2. The van der Waals surface area contributed by atoms with Gasteiger partial charge in [0.1, 0.15) is 11.6 Å². The van der Waals surface area contributed by atoms with Crippen molar-refractivity contribution < 1.29 is 49.8 Å². The van der Waals surface area contributed by atoms with E-state index in [1.54, 1.807) is 81.4 Å². The third kappa shape index (κ3) is 13.7. The third-order valence-electron chi connectivity index (χ3n) is 10.6. The van der Waals surface area contributed by atoms with Crippen LogP contribution in [0.4, 0.5) is 20.2 Å². The Morgan fingerprint density at radius 3 is 1.56 bits per heavy atom. The van der Waals surface area contributed by atoms with Crippen LogP contribution in [-0.4, -0.2) is 101 Å².